The molecular formula is C60H102N18O20S. The van der Waals surface area contributed by atoms with Gasteiger partial charge in [-0.1, -0.05) is 48.0 Å². The fourth-order valence-corrected chi connectivity index (χ4v) is 11.3. The first-order valence-corrected chi connectivity index (χ1v) is 33.8. The van der Waals surface area contributed by atoms with Crippen molar-refractivity contribution in [3.05, 3.63) is 0 Å². The van der Waals surface area contributed by atoms with E-state index in [0.717, 1.165) is 37.4 Å². The molecule has 0 aromatic heterocycles. The van der Waals surface area contributed by atoms with E-state index in [4.69, 9.17) is 27.7 Å². The maximum atomic E-state index is 14.1. The number of hydrogen-bond donors (Lipinski definition) is 19. The summed E-state index contributed by atoms with van der Waals surface area (Å²) in [6.45, 7) is 9.10. The number of esters is 1. The highest BCUT2D eigenvalue weighted by Crippen LogP contribution is 2.37. The number of likely N-dealkylation sites (tertiary alicyclic amines) is 1. The van der Waals surface area contributed by atoms with Crippen LogP contribution in [0.25, 0.3) is 0 Å². The third kappa shape index (κ3) is 32.1. The molecule has 1 aliphatic carbocycles. The minimum Gasteiger partial charge on any atom is -0.481 e. The molecule has 38 nitrogen and oxygen atoms in total. The summed E-state index contributed by atoms with van der Waals surface area (Å²) in [5, 5.41) is 57.6. The van der Waals surface area contributed by atoms with Gasteiger partial charge in [0.15, 0.2) is 5.96 Å². The summed E-state index contributed by atoms with van der Waals surface area (Å²) < 4.78 is 5.65. The average molecular weight is 1430 g/mol. The Morgan fingerprint density at radius 1 is 0.586 bits per heavy atom. The van der Waals surface area contributed by atoms with Crippen molar-refractivity contribution in [2.45, 2.75) is 193 Å². The summed E-state index contributed by atoms with van der Waals surface area (Å²) in [5.74, 6) is -17.4. The van der Waals surface area contributed by atoms with Gasteiger partial charge in [-0.2, -0.15) is 0 Å². The first-order valence-electron chi connectivity index (χ1n) is 32.6. The molecule has 39 heteroatoms. The van der Waals surface area contributed by atoms with Gasteiger partial charge >= 0.3 is 17.9 Å². The van der Waals surface area contributed by atoms with Crippen LogP contribution in [0, 0.1) is 23.7 Å². The van der Waals surface area contributed by atoms with E-state index in [0.29, 0.717) is 19.4 Å². The number of primary amides is 1. The Morgan fingerprint density at radius 2 is 1.14 bits per heavy atom. The Labute approximate surface area is 577 Å². The summed E-state index contributed by atoms with van der Waals surface area (Å²) in [6, 6.07) is -13.5. The molecule has 13 amide bonds. The molecule has 23 N–H and O–H groups in total. The minimum atomic E-state index is -1.80. The van der Waals surface area contributed by atoms with Crippen LogP contribution < -0.4 is 86.7 Å². The predicted octanol–water partition coefficient (Wildman–Crippen LogP) is -7.21. The van der Waals surface area contributed by atoms with E-state index < -0.39 is 201 Å². The fraction of sp³-hybridized carbons (Fsp3) is 0.717. The number of aliphatic carboxylic acids is 2. The number of aliphatic hydroxyl groups excluding tert-OH is 1. The Bertz CT molecular complexity index is 2860. The van der Waals surface area contributed by atoms with E-state index in [9.17, 15) is 92.0 Å². The molecule has 1 heterocycles. The number of ether oxygens (including phenoxy) is 1. The molecule has 13 atom stereocenters. The van der Waals surface area contributed by atoms with Crippen molar-refractivity contribution < 1.29 is 96.8 Å². The molecule has 1 saturated carbocycles. The SMILES string of the molecule is CC[C@H](C)[C@H](NC(=O)[C@H](CC(=O)O)NC(=O)[C@@H](N)C(C)C)C(=O)NCC(=O)NCC(=O)N[C@@H](CO)C(=O)N[C@@H](CCCN=C(N)N)C(=O)N[C@@H](CCC(N)=O)C(=O)NCC(=O)N[C@@H](CSCNC(=O)CN1CCCC2CCCC(OC(C)=O)C21)C(=O)N[C@H](C(=O)N[C@@H](C)C(=O)O)C(C)C. The molecule has 0 bridgehead atoms. The number of guanidine groups is 1. The number of carbonyl (C=O) groups excluding carboxylic acids is 14. The first-order chi connectivity index (χ1) is 46.5. The van der Waals surface area contributed by atoms with Crippen molar-refractivity contribution in [2.75, 3.05) is 57.5 Å². The van der Waals surface area contributed by atoms with Crippen LogP contribution in [0.5, 0.6) is 0 Å². The van der Waals surface area contributed by atoms with Crippen LogP contribution in [0.2, 0.25) is 0 Å². The van der Waals surface area contributed by atoms with E-state index in [-0.39, 0.29) is 73.4 Å². The van der Waals surface area contributed by atoms with Gasteiger partial charge in [0.05, 0.1) is 57.2 Å². The van der Waals surface area contributed by atoms with Crippen molar-refractivity contribution in [3.8, 4) is 0 Å². The van der Waals surface area contributed by atoms with Crippen molar-refractivity contribution in [3.63, 3.8) is 0 Å². The summed E-state index contributed by atoms with van der Waals surface area (Å²) >= 11 is 0.998. The number of hydrogen-bond acceptors (Lipinski definition) is 22. The van der Waals surface area contributed by atoms with Gasteiger partial charge in [0.2, 0.25) is 76.8 Å². The molecule has 558 valence electrons. The van der Waals surface area contributed by atoms with Gasteiger partial charge in [-0.25, -0.2) is 0 Å². The number of fused-ring (bicyclic) bond motifs is 1. The van der Waals surface area contributed by atoms with Crippen LogP contribution in [0.4, 0.5) is 0 Å². The molecule has 0 spiro atoms. The predicted molar refractivity (Wildman–Crippen MR) is 356 cm³/mol. The second-order valence-corrected chi connectivity index (χ2v) is 25.9. The number of aliphatic hydroxyl groups is 1. The van der Waals surface area contributed by atoms with Crippen molar-refractivity contribution in [1.82, 2.24) is 68.7 Å². The molecule has 1 aliphatic heterocycles. The zero-order valence-corrected chi connectivity index (χ0v) is 58.0. The second-order valence-electron chi connectivity index (χ2n) is 24.9. The zero-order chi connectivity index (χ0) is 74.8. The number of nitrogens with zero attached hydrogens (tertiary/aromatic N) is 2. The lowest BCUT2D eigenvalue weighted by atomic mass is 9.76. The number of piperidine rings is 1. The first kappa shape index (κ1) is 86.1. The number of carboxylic acids is 2. The van der Waals surface area contributed by atoms with Crippen molar-refractivity contribution in [2.24, 2.45) is 51.6 Å². The lowest BCUT2D eigenvalue weighted by molar-refractivity contribution is -0.156. The number of amides is 13. The molecule has 0 radical (unpaired) electrons. The average Bonchev–Trinajstić information content (AvgIpc) is 0.808. The van der Waals surface area contributed by atoms with E-state index in [1.165, 1.54) is 13.8 Å². The molecule has 2 rings (SSSR count). The molecule has 0 aromatic rings. The largest absolute Gasteiger partial charge is 0.481 e. The second kappa shape index (κ2) is 44.1. The van der Waals surface area contributed by atoms with Gasteiger partial charge in [0.25, 0.3) is 0 Å². The van der Waals surface area contributed by atoms with Crippen molar-refractivity contribution >= 4 is 112 Å². The minimum absolute atomic E-state index is 0.0168. The normalized spacial score (nSPS) is 18.0. The highest BCUT2D eigenvalue weighted by Gasteiger charge is 2.42. The Balaban J connectivity index is 2.24. The quantitative estimate of drug-likeness (QED) is 0.00886. The van der Waals surface area contributed by atoms with Crippen LogP contribution in [-0.2, 0) is 81.4 Å². The summed E-state index contributed by atoms with van der Waals surface area (Å²) in [5.41, 5.74) is 22.2. The van der Waals surface area contributed by atoms with Gasteiger partial charge in [0.1, 0.15) is 54.4 Å². The van der Waals surface area contributed by atoms with Crippen LogP contribution >= 0.6 is 11.8 Å². The standard InChI is InChI=1S/C60H102N18O20S/c1-9-31(6)49(77-53(90)37(21-46(86)87)75-56(93)47(62)29(2)3)57(94)68-22-42(82)66-23-43(83)71-38(26-79)54(91)73-35(15-11-19-65-60(63)64)52(89)74-36(17-18-41(61)81)51(88)67-24-44(84)72-39(55(92)76-48(30(4)5)58(95)70-32(7)59(96)97)27-99-28-69-45(85)25-78-20-12-14-34-13-10-16-40(50(34)78)98-33(8)80/h29-32,34-40,47-50,79H,9-28,62H2,1-8H3,(H2,61,81)(H,66,82)(H,67,88)(H,68,94)(H,69,85)(H,70,95)(H,71,83)(H,72,84)(H,73,91)(H,74,89)(H,75,93)(H,76,92)(H,77,90)(H,86,87)(H,96,97)(H4,63,64,65)/t31-,32-,34?,35-,36-,37-,38-,39-,40?,47-,48-,49-,50?/m0/s1. The number of rotatable bonds is 44. The number of thioether (sulfide) groups is 1. The Kier molecular flexibility index (Phi) is 38.4. The number of aliphatic imine (C=N–C) groups is 1. The van der Waals surface area contributed by atoms with Gasteiger partial charge < -0.3 is 107 Å². The monoisotopic (exact) mass is 1430 g/mol. The maximum absolute atomic E-state index is 14.1. The van der Waals surface area contributed by atoms with E-state index in [2.05, 4.69) is 68.8 Å². The molecule has 2 aliphatic rings. The number of carboxylic acid groups (broad SMARTS) is 2. The van der Waals surface area contributed by atoms with Crippen LogP contribution in [-0.4, -0.2) is 245 Å². The van der Waals surface area contributed by atoms with Crippen LogP contribution in [0.15, 0.2) is 4.99 Å². The summed E-state index contributed by atoms with van der Waals surface area (Å²) in [7, 11) is 0. The van der Waals surface area contributed by atoms with E-state index >= 15 is 0 Å². The molecule has 2 fully saturated rings. The smallest absolute Gasteiger partial charge is 0.325 e. The van der Waals surface area contributed by atoms with Gasteiger partial charge in [0, 0.05) is 25.6 Å². The third-order valence-electron chi connectivity index (χ3n) is 16.2. The van der Waals surface area contributed by atoms with E-state index in [1.54, 1.807) is 41.5 Å². The number of nitrogens with one attached hydrogen (secondary N) is 12. The van der Waals surface area contributed by atoms with Crippen LogP contribution in [0.1, 0.15) is 126 Å². The lowest BCUT2D eigenvalue weighted by Gasteiger charge is -2.47. The summed E-state index contributed by atoms with van der Waals surface area (Å²) in [6.07, 6.45) is 2.01. The molecule has 1 saturated heterocycles. The van der Waals surface area contributed by atoms with E-state index in [1.807, 2.05) is 4.90 Å². The molecule has 99 heavy (non-hydrogen) atoms. The topological polar surface area (TPSA) is 607 Å². The molecule has 0 aromatic carbocycles. The zero-order valence-electron chi connectivity index (χ0n) is 57.2. The Hall–Kier alpha value is -8.98. The van der Waals surface area contributed by atoms with Crippen molar-refractivity contribution in [1.29, 1.82) is 0 Å². The highest BCUT2D eigenvalue weighted by atomic mass is 32.2. The molecule has 3 unspecified atom stereocenters. The van der Waals surface area contributed by atoms with Gasteiger partial charge in [-0.05, 0) is 88.5 Å². The van der Waals surface area contributed by atoms with Crippen LogP contribution in [0.3, 0.4) is 0 Å². The molecular weight excluding hydrogens is 1320 g/mol. The Morgan fingerprint density at radius 3 is 1.72 bits per heavy atom. The fourth-order valence-electron chi connectivity index (χ4n) is 10.5. The summed E-state index contributed by atoms with van der Waals surface area (Å²) in [4.78, 5) is 214. The third-order valence-corrected chi connectivity index (χ3v) is 17.1. The number of nitrogens with two attached hydrogens (primary N) is 4. The van der Waals surface area contributed by atoms with Gasteiger partial charge in [-0.3, -0.25) is 86.6 Å². The lowest BCUT2D eigenvalue weighted by Crippen LogP contribution is -2.59. The maximum Gasteiger partial charge on any atom is 0.325 e. The number of carbonyl (C=O) groups is 16. The highest BCUT2D eigenvalue weighted by molar-refractivity contribution is 7.99. The van der Waals surface area contributed by atoms with Gasteiger partial charge in [-0.15, -0.1) is 11.8 Å².